The third-order valence-corrected chi connectivity index (χ3v) is 6.67. The maximum absolute atomic E-state index is 13.1. The molecule has 0 spiro atoms. The van der Waals surface area contributed by atoms with Crippen LogP contribution in [0.2, 0.25) is 5.02 Å². The number of hydrogen-bond donors (Lipinski definition) is 0. The van der Waals surface area contributed by atoms with E-state index >= 15 is 0 Å². The second-order valence-corrected chi connectivity index (χ2v) is 9.07. The molecule has 10 heteroatoms. The molecule has 2 aliphatic heterocycles. The number of ether oxygens (including phenoxy) is 2. The second kappa shape index (κ2) is 10.9. The third-order valence-electron chi connectivity index (χ3n) is 6.34. The average molecular weight is 520 g/mol. The van der Waals surface area contributed by atoms with Crippen LogP contribution in [0, 0.1) is 0 Å². The van der Waals surface area contributed by atoms with E-state index in [4.69, 9.17) is 21.1 Å². The number of anilines is 1. The number of aromatic nitrogens is 2. The molecule has 1 saturated heterocycles. The maximum atomic E-state index is 13.1. The van der Waals surface area contributed by atoms with Crippen LogP contribution in [0.4, 0.5) is 5.82 Å². The highest BCUT2D eigenvalue weighted by Crippen LogP contribution is 2.33. The van der Waals surface area contributed by atoms with E-state index in [9.17, 15) is 9.59 Å². The minimum Gasteiger partial charge on any atom is -0.454 e. The first kappa shape index (κ1) is 24.6. The van der Waals surface area contributed by atoms with Crippen LogP contribution in [-0.4, -0.2) is 77.9 Å². The summed E-state index contributed by atoms with van der Waals surface area (Å²) in [6, 6.07) is 16.3. The maximum Gasteiger partial charge on any atom is 0.254 e. The fourth-order valence-electron chi connectivity index (χ4n) is 4.34. The Hall–Kier alpha value is -4.11. The highest BCUT2D eigenvalue weighted by molar-refractivity contribution is 6.33. The van der Waals surface area contributed by atoms with Crippen molar-refractivity contribution in [2.24, 2.45) is 0 Å². The molecule has 0 unspecified atom stereocenters. The average Bonchev–Trinajstić information content (AvgIpc) is 3.41. The van der Waals surface area contributed by atoms with Gasteiger partial charge in [0.05, 0.1) is 10.7 Å². The number of carbonyl (C=O) groups is 2. The molecule has 2 amide bonds. The number of piperazine rings is 1. The van der Waals surface area contributed by atoms with Gasteiger partial charge in [0.2, 0.25) is 12.7 Å². The lowest BCUT2D eigenvalue weighted by molar-refractivity contribution is -0.132. The van der Waals surface area contributed by atoms with Gasteiger partial charge in [-0.15, -0.1) is 16.8 Å². The van der Waals surface area contributed by atoms with Gasteiger partial charge in [-0.2, -0.15) is 0 Å². The Kier molecular flexibility index (Phi) is 7.23. The smallest absolute Gasteiger partial charge is 0.254 e. The fourth-order valence-corrected chi connectivity index (χ4v) is 4.57. The molecule has 1 fully saturated rings. The van der Waals surface area contributed by atoms with Gasteiger partial charge in [-0.05, 0) is 36.4 Å². The molecule has 3 heterocycles. The van der Waals surface area contributed by atoms with Crippen LogP contribution in [0.5, 0.6) is 11.5 Å². The summed E-state index contributed by atoms with van der Waals surface area (Å²) in [5, 5.41) is 9.34. The molecule has 0 radical (unpaired) electrons. The molecular weight excluding hydrogens is 494 g/mol. The van der Waals surface area contributed by atoms with Crippen molar-refractivity contribution >= 4 is 29.2 Å². The van der Waals surface area contributed by atoms with E-state index < -0.39 is 0 Å². The van der Waals surface area contributed by atoms with Crippen LogP contribution in [-0.2, 0) is 4.79 Å². The van der Waals surface area contributed by atoms with Crippen molar-refractivity contribution in [2.45, 2.75) is 0 Å². The zero-order chi connectivity index (χ0) is 25.8. The van der Waals surface area contributed by atoms with Crippen LogP contribution in [0.1, 0.15) is 10.4 Å². The van der Waals surface area contributed by atoms with Crippen LogP contribution >= 0.6 is 11.6 Å². The summed E-state index contributed by atoms with van der Waals surface area (Å²) in [7, 11) is 0. The number of fused-ring (bicyclic) bond motifs is 1. The Bertz CT molecular complexity index is 1310. The van der Waals surface area contributed by atoms with E-state index in [2.05, 4.69) is 21.7 Å². The van der Waals surface area contributed by atoms with Gasteiger partial charge in [0.15, 0.2) is 17.3 Å². The quantitative estimate of drug-likeness (QED) is 0.441. The highest BCUT2D eigenvalue weighted by Gasteiger charge is 2.26. The topological polar surface area (TPSA) is 88.1 Å². The van der Waals surface area contributed by atoms with Crippen LogP contribution in [0.25, 0.3) is 11.3 Å². The molecule has 2 aliphatic rings. The van der Waals surface area contributed by atoms with Crippen molar-refractivity contribution in [1.29, 1.82) is 0 Å². The standard InChI is InChI=1S/C27H26ClN5O4/c1-2-11-33(27(35)19-7-9-23-24(16-19)37-18-36-23)17-26(34)32-14-12-31(13-15-32)25-10-8-22(29-30-25)20-5-3-4-6-21(20)28/h2-10,16H,1,11-15,17-18H2. The lowest BCUT2D eigenvalue weighted by Gasteiger charge is -2.36. The molecule has 0 atom stereocenters. The van der Waals surface area contributed by atoms with Crippen LogP contribution in [0.3, 0.4) is 0 Å². The van der Waals surface area contributed by atoms with E-state index in [1.165, 1.54) is 4.90 Å². The van der Waals surface area contributed by atoms with Crippen molar-refractivity contribution in [1.82, 2.24) is 20.0 Å². The monoisotopic (exact) mass is 519 g/mol. The second-order valence-electron chi connectivity index (χ2n) is 8.67. The van der Waals surface area contributed by atoms with Crippen LogP contribution in [0.15, 0.2) is 67.3 Å². The summed E-state index contributed by atoms with van der Waals surface area (Å²) in [5.74, 6) is 1.49. The van der Waals surface area contributed by atoms with Gasteiger partial charge >= 0.3 is 0 Å². The summed E-state index contributed by atoms with van der Waals surface area (Å²) in [4.78, 5) is 31.5. The number of hydrogen-bond acceptors (Lipinski definition) is 7. The summed E-state index contributed by atoms with van der Waals surface area (Å²) < 4.78 is 10.7. The van der Waals surface area contributed by atoms with Gasteiger partial charge in [0.1, 0.15) is 6.54 Å². The van der Waals surface area contributed by atoms with Crippen molar-refractivity contribution in [3.63, 3.8) is 0 Å². The molecule has 37 heavy (non-hydrogen) atoms. The van der Waals surface area contributed by atoms with Gasteiger partial charge in [-0.1, -0.05) is 35.9 Å². The molecule has 9 nitrogen and oxygen atoms in total. The fraction of sp³-hybridized carbons (Fsp3) is 0.259. The van der Waals surface area contributed by atoms with E-state index in [0.29, 0.717) is 54.0 Å². The Morgan fingerprint density at radius 1 is 1.00 bits per heavy atom. The number of rotatable bonds is 7. The van der Waals surface area contributed by atoms with Gasteiger partial charge in [-0.3, -0.25) is 9.59 Å². The molecule has 3 aromatic rings. The van der Waals surface area contributed by atoms with Crippen molar-refractivity contribution in [3.8, 4) is 22.8 Å². The lowest BCUT2D eigenvalue weighted by Crippen LogP contribution is -2.52. The number of carbonyl (C=O) groups excluding carboxylic acids is 2. The SMILES string of the molecule is C=CCN(CC(=O)N1CCN(c2ccc(-c3ccccc3Cl)nn2)CC1)C(=O)c1ccc2c(c1)OCO2. The molecule has 0 saturated carbocycles. The first-order valence-corrected chi connectivity index (χ1v) is 12.3. The zero-order valence-corrected chi connectivity index (χ0v) is 20.9. The first-order valence-electron chi connectivity index (χ1n) is 11.9. The predicted molar refractivity (Wildman–Crippen MR) is 140 cm³/mol. The molecule has 1 aromatic heterocycles. The summed E-state index contributed by atoms with van der Waals surface area (Å²) in [6.45, 7) is 6.36. The third kappa shape index (κ3) is 5.36. The Labute approximate surface area is 219 Å². The lowest BCUT2D eigenvalue weighted by atomic mass is 10.1. The summed E-state index contributed by atoms with van der Waals surface area (Å²) in [5.41, 5.74) is 1.97. The van der Waals surface area contributed by atoms with Gasteiger partial charge < -0.3 is 24.2 Å². The number of amides is 2. The Morgan fingerprint density at radius 3 is 2.51 bits per heavy atom. The molecule has 0 aliphatic carbocycles. The zero-order valence-electron chi connectivity index (χ0n) is 20.2. The summed E-state index contributed by atoms with van der Waals surface area (Å²) in [6.07, 6.45) is 1.61. The van der Waals surface area contributed by atoms with Gasteiger partial charge in [0, 0.05) is 43.9 Å². The molecular formula is C27H26ClN5O4. The first-order chi connectivity index (χ1) is 18.0. The van der Waals surface area contributed by atoms with Crippen molar-refractivity contribution < 1.29 is 19.1 Å². The van der Waals surface area contributed by atoms with E-state index in [-0.39, 0.29) is 31.7 Å². The Morgan fingerprint density at radius 2 is 1.78 bits per heavy atom. The predicted octanol–water partition coefficient (Wildman–Crippen LogP) is 3.50. The van der Waals surface area contributed by atoms with Gasteiger partial charge in [0.25, 0.3) is 5.91 Å². The molecule has 190 valence electrons. The Balaban J connectivity index is 1.18. The highest BCUT2D eigenvalue weighted by atomic mass is 35.5. The van der Waals surface area contributed by atoms with Crippen LogP contribution < -0.4 is 14.4 Å². The molecule has 2 aromatic carbocycles. The van der Waals surface area contributed by atoms with Crippen molar-refractivity contribution in [3.05, 3.63) is 77.8 Å². The number of halogens is 1. The largest absolute Gasteiger partial charge is 0.454 e. The van der Waals surface area contributed by atoms with Crippen molar-refractivity contribution in [2.75, 3.05) is 51.0 Å². The molecule has 5 rings (SSSR count). The normalized spacial score (nSPS) is 14.4. The minimum atomic E-state index is -0.265. The molecule has 0 bridgehead atoms. The minimum absolute atomic E-state index is 0.0361. The van der Waals surface area contributed by atoms with E-state index in [1.807, 2.05) is 36.4 Å². The summed E-state index contributed by atoms with van der Waals surface area (Å²) >= 11 is 6.27. The van der Waals surface area contributed by atoms with E-state index in [1.54, 1.807) is 29.2 Å². The van der Waals surface area contributed by atoms with Gasteiger partial charge in [-0.25, -0.2) is 0 Å². The van der Waals surface area contributed by atoms with E-state index in [0.717, 1.165) is 11.4 Å². The number of nitrogens with zero attached hydrogens (tertiary/aromatic N) is 5. The molecule has 0 N–H and O–H groups in total. The number of benzene rings is 2.